The zero-order valence-corrected chi connectivity index (χ0v) is 11.6. The SMILES string of the molecule is Cc1cccc(NC(=O)OCCCCCBr)c1. The molecule has 0 saturated carbocycles. The fourth-order valence-electron chi connectivity index (χ4n) is 1.41. The topological polar surface area (TPSA) is 38.3 Å². The third-order valence-electron chi connectivity index (χ3n) is 2.28. The Kier molecular flexibility index (Phi) is 6.70. The van der Waals surface area contributed by atoms with E-state index in [0.29, 0.717) is 6.61 Å². The van der Waals surface area contributed by atoms with E-state index in [-0.39, 0.29) is 6.09 Å². The molecule has 94 valence electrons. The van der Waals surface area contributed by atoms with Crippen LogP contribution in [0.5, 0.6) is 0 Å². The van der Waals surface area contributed by atoms with Crippen molar-refractivity contribution in [3.8, 4) is 0 Å². The van der Waals surface area contributed by atoms with E-state index in [9.17, 15) is 4.79 Å². The second kappa shape index (κ2) is 8.12. The van der Waals surface area contributed by atoms with Gasteiger partial charge in [0.2, 0.25) is 0 Å². The van der Waals surface area contributed by atoms with Gasteiger partial charge in [-0.3, -0.25) is 5.32 Å². The first kappa shape index (κ1) is 14.0. The molecule has 0 bridgehead atoms. The van der Waals surface area contributed by atoms with E-state index in [2.05, 4.69) is 21.2 Å². The zero-order valence-electron chi connectivity index (χ0n) is 10.0. The van der Waals surface area contributed by atoms with Gasteiger partial charge in [-0.05, 0) is 43.9 Å². The minimum absolute atomic E-state index is 0.380. The van der Waals surface area contributed by atoms with Crippen LogP contribution in [0.3, 0.4) is 0 Å². The van der Waals surface area contributed by atoms with Crippen LogP contribution >= 0.6 is 15.9 Å². The van der Waals surface area contributed by atoms with E-state index < -0.39 is 0 Å². The molecule has 0 aliphatic rings. The lowest BCUT2D eigenvalue weighted by molar-refractivity contribution is 0.159. The van der Waals surface area contributed by atoms with Crippen molar-refractivity contribution < 1.29 is 9.53 Å². The summed E-state index contributed by atoms with van der Waals surface area (Å²) in [6.45, 7) is 2.46. The number of ether oxygens (including phenoxy) is 1. The first-order chi connectivity index (χ1) is 8.22. The van der Waals surface area contributed by atoms with Gasteiger partial charge in [0.05, 0.1) is 6.61 Å². The van der Waals surface area contributed by atoms with Crippen molar-refractivity contribution in [2.45, 2.75) is 26.2 Å². The molecule has 0 unspecified atom stereocenters. The van der Waals surface area contributed by atoms with Crippen molar-refractivity contribution in [3.05, 3.63) is 29.8 Å². The Balaban J connectivity index is 2.21. The normalized spacial score (nSPS) is 10.0. The van der Waals surface area contributed by atoms with Crippen LogP contribution in [0.4, 0.5) is 10.5 Å². The Hall–Kier alpha value is -1.03. The van der Waals surface area contributed by atoms with Gasteiger partial charge in [-0.25, -0.2) is 4.79 Å². The lowest BCUT2D eigenvalue weighted by Gasteiger charge is -2.07. The number of nitrogens with one attached hydrogen (secondary N) is 1. The summed E-state index contributed by atoms with van der Waals surface area (Å²) in [5.74, 6) is 0. The highest BCUT2D eigenvalue weighted by Gasteiger charge is 2.02. The van der Waals surface area contributed by atoms with Gasteiger partial charge in [0, 0.05) is 11.0 Å². The molecule has 0 saturated heterocycles. The van der Waals surface area contributed by atoms with E-state index in [0.717, 1.165) is 35.8 Å². The molecule has 0 aliphatic carbocycles. The van der Waals surface area contributed by atoms with Gasteiger partial charge in [0.25, 0.3) is 0 Å². The summed E-state index contributed by atoms with van der Waals surface area (Å²) in [7, 11) is 0. The van der Waals surface area contributed by atoms with Gasteiger partial charge in [-0.2, -0.15) is 0 Å². The molecule has 4 heteroatoms. The number of carbonyl (C=O) groups is 1. The molecule has 0 heterocycles. The van der Waals surface area contributed by atoms with Crippen molar-refractivity contribution in [2.75, 3.05) is 17.3 Å². The second-order valence-electron chi connectivity index (χ2n) is 3.88. The summed E-state index contributed by atoms with van der Waals surface area (Å²) in [4.78, 5) is 11.4. The maximum absolute atomic E-state index is 11.4. The van der Waals surface area contributed by atoms with E-state index >= 15 is 0 Å². The Morgan fingerprint density at radius 1 is 1.35 bits per heavy atom. The van der Waals surface area contributed by atoms with Gasteiger partial charge >= 0.3 is 6.09 Å². The second-order valence-corrected chi connectivity index (χ2v) is 4.67. The van der Waals surface area contributed by atoms with Gasteiger partial charge in [0.15, 0.2) is 0 Å². The van der Waals surface area contributed by atoms with E-state index in [1.54, 1.807) is 0 Å². The number of unbranched alkanes of at least 4 members (excludes halogenated alkanes) is 2. The minimum atomic E-state index is -0.380. The van der Waals surface area contributed by atoms with Crippen molar-refractivity contribution in [2.24, 2.45) is 0 Å². The lowest BCUT2D eigenvalue weighted by Crippen LogP contribution is -2.14. The zero-order chi connectivity index (χ0) is 12.5. The molecule has 1 amide bonds. The van der Waals surface area contributed by atoms with Crippen LogP contribution in [0, 0.1) is 6.92 Å². The number of rotatable bonds is 6. The number of benzene rings is 1. The van der Waals surface area contributed by atoms with Crippen molar-refractivity contribution in [3.63, 3.8) is 0 Å². The van der Waals surface area contributed by atoms with Crippen LogP contribution in [0.1, 0.15) is 24.8 Å². The number of amides is 1. The fraction of sp³-hybridized carbons (Fsp3) is 0.462. The Morgan fingerprint density at radius 3 is 2.88 bits per heavy atom. The maximum atomic E-state index is 11.4. The molecule has 1 rings (SSSR count). The molecule has 1 aromatic rings. The summed E-state index contributed by atoms with van der Waals surface area (Å²) in [5, 5.41) is 3.71. The molecular formula is C13H18BrNO2. The summed E-state index contributed by atoms with van der Waals surface area (Å²) in [5.41, 5.74) is 1.88. The van der Waals surface area contributed by atoms with Crippen LogP contribution < -0.4 is 5.32 Å². The highest BCUT2D eigenvalue weighted by molar-refractivity contribution is 9.09. The molecule has 0 fully saturated rings. The van der Waals surface area contributed by atoms with Crippen LogP contribution in [0.15, 0.2) is 24.3 Å². The van der Waals surface area contributed by atoms with Crippen molar-refractivity contribution in [1.82, 2.24) is 0 Å². The van der Waals surface area contributed by atoms with Gasteiger partial charge < -0.3 is 4.74 Å². The summed E-state index contributed by atoms with van der Waals surface area (Å²) in [6, 6.07) is 7.64. The number of carbonyl (C=O) groups excluding carboxylic acids is 1. The van der Waals surface area contributed by atoms with Gasteiger partial charge in [-0.1, -0.05) is 28.1 Å². The monoisotopic (exact) mass is 299 g/mol. The van der Waals surface area contributed by atoms with Crippen LogP contribution in [0.25, 0.3) is 0 Å². The molecule has 1 N–H and O–H groups in total. The molecule has 0 spiro atoms. The number of alkyl halides is 1. The quantitative estimate of drug-likeness (QED) is 0.634. The van der Waals surface area contributed by atoms with E-state index in [4.69, 9.17) is 4.74 Å². The van der Waals surface area contributed by atoms with E-state index in [1.807, 2.05) is 31.2 Å². The summed E-state index contributed by atoms with van der Waals surface area (Å²) in [6.07, 6.45) is 2.72. The first-order valence-electron chi connectivity index (χ1n) is 5.79. The minimum Gasteiger partial charge on any atom is -0.449 e. The number of hydrogen-bond acceptors (Lipinski definition) is 2. The smallest absolute Gasteiger partial charge is 0.411 e. The third kappa shape index (κ3) is 6.31. The van der Waals surface area contributed by atoms with Gasteiger partial charge in [-0.15, -0.1) is 0 Å². The molecule has 0 aromatic heterocycles. The number of aryl methyl sites for hydroxylation is 1. The lowest BCUT2D eigenvalue weighted by atomic mass is 10.2. The van der Waals surface area contributed by atoms with E-state index in [1.165, 1.54) is 0 Å². The fourth-order valence-corrected chi connectivity index (χ4v) is 1.81. The Morgan fingerprint density at radius 2 is 2.18 bits per heavy atom. The predicted molar refractivity (Wildman–Crippen MR) is 73.8 cm³/mol. The average molecular weight is 300 g/mol. The Labute approximate surface area is 111 Å². The molecule has 17 heavy (non-hydrogen) atoms. The maximum Gasteiger partial charge on any atom is 0.411 e. The summed E-state index contributed by atoms with van der Waals surface area (Å²) >= 11 is 3.36. The van der Waals surface area contributed by atoms with Gasteiger partial charge in [0.1, 0.15) is 0 Å². The largest absolute Gasteiger partial charge is 0.449 e. The summed E-state index contributed by atoms with van der Waals surface area (Å²) < 4.78 is 5.07. The Bertz CT molecular complexity index is 355. The number of hydrogen-bond donors (Lipinski definition) is 1. The predicted octanol–water partition coefficient (Wildman–Crippen LogP) is 4.11. The van der Waals surface area contributed by atoms with Crippen LogP contribution in [-0.4, -0.2) is 18.0 Å². The van der Waals surface area contributed by atoms with Crippen molar-refractivity contribution in [1.29, 1.82) is 0 Å². The average Bonchev–Trinajstić information content (AvgIpc) is 2.29. The molecule has 1 aromatic carbocycles. The molecule has 0 radical (unpaired) electrons. The number of halogens is 1. The van der Waals surface area contributed by atoms with Crippen molar-refractivity contribution >= 4 is 27.7 Å². The standard InChI is InChI=1S/C13H18BrNO2/c1-11-6-5-7-12(10-11)15-13(16)17-9-4-2-3-8-14/h5-7,10H,2-4,8-9H2,1H3,(H,15,16). The first-order valence-corrected chi connectivity index (χ1v) is 6.91. The third-order valence-corrected chi connectivity index (χ3v) is 2.84. The molecular weight excluding hydrogens is 282 g/mol. The van der Waals surface area contributed by atoms with Crippen LogP contribution in [0.2, 0.25) is 0 Å². The molecule has 0 aliphatic heterocycles. The number of anilines is 1. The molecule has 3 nitrogen and oxygen atoms in total. The molecule has 0 atom stereocenters. The highest BCUT2D eigenvalue weighted by atomic mass is 79.9. The van der Waals surface area contributed by atoms with Crippen LogP contribution in [-0.2, 0) is 4.74 Å². The highest BCUT2D eigenvalue weighted by Crippen LogP contribution is 2.09.